The standard InChI is InChI=1S/C20H35N3O11/c1-4-5-12(28)23-19-13(21-8(2)26)17(31)18(11(7-25)32-19)34-20-14(22-9(3)27)16(30)15(29)10(6-24)33-20/h10-11,13-20,24-25,29-31H,4-7H2,1-3H3,(H,21,26)(H,22,27)(H,23,28). The normalized spacial score (nSPS) is 38.1. The van der Waals surface area contributed by atoms with Crippen LogP contribution in [0.3, 0.4) is 0 Å². The lowest BCUT2D eigenvalue weighted by Gasteiger charge is -2.48. The predicted molar refractivity (Wildman–Crippen MR) is 113 cm³/mol. The summed E-state index contributed by atoms with van der Waals surface area (Å²) in [6.07, 6.45) is -10.5. The highest BCUT2D eigenvalue weighted by molar-refractivity contribution is 5.76. The van der Waals surface area contributed by atoms with Crippen molar-refractivity contribution < 1.29 is 54.1 Å². The molecule has 0 bridgehead atoms. The number of aliphatic hydroxyl groups excluding tert-OH is 5. The molecule has 2 fully saturated rings. The molecule has 14 heteroatoms. The number of carbonyl (C=O) groups excluding carboxylic acids is 3. The van der Waals surface area contributed by atoms with Gasteiger partial charge in [0.2, 0.25) is 17.7 Å². The van der Waals surface area contributed by atoms with Crippen LogP contribution in [-0.2, 0) is 28.6 Å². The Morgan fingerprint density at radius 3 is 1.94 bits per heavy atom. The SMILES string of the molecule is CCCC(=O)NC1OC(CO)C(OC2OC(CO)C(O)C(O)C2NC(C)=O)C(O)C1NC(C)=O. The van der Waals surface area contributed by atoms with Crippen molar-refractivity contribution in [2.45, 2.75) is 94.8 Å². The highest BCUT2D eigenvalue weighted by Crippen LogP contribution is 2.29. The molecule has 0 saturated carbocycles. The van der Waals surface area contributed by atoms with Crippen LogP contribution < -0.4 is 16.0 Å². The molecule has 2 heterocycles. The lowest BCUT2D eigenvalue weighted by atomic mass is 9.94. The molecule has 2 aliphatic heterocycles. The molecule has 0 aromatic heterocycles. The van der Waals surface area contributed by atoms with Gasteiger partial charge < -0.3 is 55.7 Å². The van der Waals surface area contributed by atoms with Crippen molar-refractivity contribution >= 4 is 17.7 Å². The third-order valence-corrected chi connectivity index (χ3v) is 5.59. The van der Waals surface area contributed by atoms with E-state index in [1.165, 1.54) is 13.8 Å². The van der Waals surface area contributed by atoms with Crippen molar-refractivity contribution in [2.24, 2.45) is 0 Å². The Bertz CT molecular complexity index is 711. The maximum Gasteiger partial charge on any atom is 0.222 e. The zero-order valence-electron chi connectivity index (χ0n) is 19.3. The van der Waals surface area contributed by atoms with Crippen LogP contribution in [0, 0.1) is 0 Å². The van der Waals surface area contributed by atoms with Crippen molar-refractivity contribution in [2.75, 3.05) is 13.2 Å². The van der Waals surface area contributed by atoms with Crippen LogP contribution in [0.5, 0.6) is 0 Å². The monoisotopic (exact) mass is 493 g/mol. The van der Waals surface area contributed by atoms with E-state index >= 15 is 0 Å². The second-order valence-electron chi connectivity index (χ2n) is 8.35. The van der Waals surface area contributed by atoms with Gasteiger partial charge in [-0.2, -0.15) is 0 Å². The van der Waals surface area contributed by atoms with Crippen LogP contribution in [0.25, 0.3) is 0 Å². The molecule has 0 radical (unpaired) electrons. The van der Waals surface area contributed by atoms with Gasteiger partial charge in [-0.05, 0) is 6.42 Å². The van der Waals surface area contributed by atoms with E-state index in [0.717, 1.165) is 0 Å². The van der Waals surface area contributed by atoms with E-state index in [2.05, 4.69) is 16.0 Å². The average molecular weight is 494 g/mol. The topological polar surface area (TPSA) is 216 Å². The van der Waals surface area contributed by atoms with Gasteiger partial charge in [0, 0.05) is 20.3 Å². The number of ether oxygens (including phenoxy) is 3. The fraction of sp³-hybridized carbons (Fsp3) is 0.850. The Morgan fingerprint density at radius 1 is 0.824 bits per heavy atom. The lowest BCUT2D eigenvalue weighted by Crippen LogP contribution is -2.71. The van der Waals surface area contributed by atoms with Gasteiger partial charge in [-0.3, -0.25) is 14.4 Å². The summed E-state index contributed by atoms with van der Waals surface area (Å²) < 4.78 is 17.0. The van der Waals surface area contributed by atoms with Crippen LogP contribution in [-0.4, -0.2) is 118 Å². The molecule has 34 heavy (non-hydrogen) atoms. The summed E-state index contributed by atoms with van der Waals surface area (Å²) in [4.78, 5) is 35.5. The first-order valence-corrected chi connectivity index (χ1v) is 11.1. The van der Waals surface area contributed by atoms with Gasteiger partial charge in [-0.25, -0.2) is 0 Å². The Balaban J connectivity index is 2.30. The number of hydrogen-bond donors (Lipinski definition) is 8. The fourth-order valence-electron chi connectivity index (χ4n) is 3.99. The Morgan fingerprint density at radius 2 is 1.41 bits per heavy atom. The first-order valence-electron chi connectivity index (χ1n) is 11.1. The predicted octanol–water partition coefficient (Wildman–Crippen LogP) is -4.19. The molecule has 2 aliphatic rings. The number of carbonyl (C=O) groups is 3. The minimum Gasteiger partial charge on any atom is -0.394 e. The number of nitrogens with one attached hydrogen (secondary N) is 3. The fourth-order valence-corrected chi connectivity index (χ4v) is 3.99. The molecular formula is C20H35N3O11. The number of hydrogen-bond acceptors (Lipinski definition) is 11. The molecule has 0 aromatic rings. The van der Waals surface area contributed by atoms with Crippen LogP contribution >= 0.6 is 0 Å². The zero-order chi connectivity index (χ0) is 25.6. The molecule has 3 amide bonds. The van der Waals surface area contributed by atoms with E-state index in [0.29, 0.717) is 6.42 Å². The van der Waals surface area contributed by atoms with E-state index in [-0.39, 0.29) is 6.42 Å². The minimum absolute atomic E-state index is 0.170. The largest absolute Gasteiger partial charge is 0.394 e. The van der Waals surface area contributed by atoms with Gasteiger partial charge in [0.25, 0.3) is 0 Å². The van der Waals surface area contributed by atoms with Crippen LogP contribution in [0.15, 0.2) is 0 Å². The minimum atomic E-state index is -1.60. The molecule has 0 aromatic carbocycles. The van der Waals surface area contributed by atoms with Crippen molar-refractivity contribution in [3.8, 4) is 0 Å². The molecule has 8 N–H and O–H groups in total. The van der Waals surface area contributed by atoms with Gasteiger partial charge in [-0.1, -0.05) is 6.92 Å². The van der Waals surface area contributed by atoms with Gasteiger partial charge in [0.15, 0.2) is 12.5 Å². The molecule has 10 atom stereocenters. The Kier molecular flexibility index (Phi) is 10.6. The summed E-state index contributed by atoms with van der Waals surface area (Å²) in [5.41, 5.74) is 0. The summed E-state index contributed by atoms with van der Waals surface area (Å²) >= 11 is 0. The highest BCUT2D eigenvalue weighted by atomic mass is 16.7. The summed E-state index contributed by atoms with van der Waals surface area (Å²) in [5, 5.41) is 58.5. The smallest absolute Gasteiger partial charge is 0.222 e. The average Bonchev–Trinajstić information content (AvgIpc) is 2.76. The molecule has 10 unspecified atom stereocenters. The van der Waals surface area contributed by atoms with Crippen LogP contribution in [0.4, 0.5) is 0 Å². The van der Waals surface area contributed by atoms with Crippen molar-refractivity contribution in [1.29, 1.82) is 0 Å². The molecule has 14 nitrogen and oxygen atoms in total. The van der Waals surface area contributed by atoms with Crippen molar-refractivity contribution in [3.63, 3.8) is 0 Å². The highest BCUT2D eigenvalue weighted by Gasteiger charge is 2.51. The van der Waals surface area contributed by atoms with Gasteiger partial charge in [0.05, 0.1) is 13.2 Å². The number of rotatable bonds is 9. The van der Waals surface area contributed by atoms with Crippen molar-refractivity contribution in [3.05, 3.63) is 0 Å². The first-order chi connectivity index (χ1) is 16.0. The van der Waals surface area contributed by atoms with Gasteiger partial charge >= 0.3 is 0 Å². The zero-order valence-corrected chi connectivity index (χ0v) is 19.3. The van der Waals surface area contributed by atoms with Crippen LogP contribution in [0.2, 0.25) is 0 Å². The maximum atomic E-state index is 12.1. The number of amides is 3. The quantitative estimate of drug-likeness (QED) is 0.154. The molecule has 2 rings (SSSR count). The van der Waals surface area contributed by atoms with E-state index in [9.17, 15) is 39.9 Å². The lowest BCUT2D eigenvalue weighted by molar-refractivity contribution is -0.315. The molecule has 0 aliphatic carbocycles. The maximum absolute atomic E-state index is 12.1. The molecule has 0 spiro atoms. The third-order valence-electron chi connectivity index (χ3n) is 5.59. The Hall–Kier alpha value is -1.91. The van der Waals surface area contributed by atoms with E-state index < -0.39 is 92.2 Å². The molecule has 196 valence electrons. The van der Waals surface area contributed by atoms with Gasteiger partial charge in [0.1, 0.15) is 48.7 Å². The summed E-state index contributed by atoms with van der Waals surface area (Å²) in [7, 11) is 0. The van der Waals surface area contributed by atoms with Crippen LogP contribution in [0.1, 0.15) is 33.6 Å². The summed E-state index contributed by atoms with van der Waals surface area (Å²) in [6.45, 7) is 2.81. The molecule has 2 saturated heterocycles. The third kappa shape index (κ3) is 6.82. The second-order valence-corrected chi connectivity index (χ2v) is 8.35. The van der Waals surface area contributed by atoms with E-state index in [1.807, 2.05) is 0 Å². The summed E-state index contributed by atoms with van der Waals surface area (Å²) in [5.74, 6) is -1.51. The summed E-state index contributed by atoms with van der Waals surface area (Å²) in [6, 6.07) is -2.49. The number of aliphatic hydroxyl groups is 5. The van der Waals surface area contributed by atoms with E-state index in [4.69, 9.17) is 14.2 Å². The van der Waals surface area contributed by atoms with Crippen molar-refractivity contribution in [1.82, 2.24) is 16.0 Å². The first kappa shape index (κ1) is 28.3. The van der Waals surface area contributed by atoms with E-state index in [1.54, 1.807) is 6.92 Å². The second kappa shape index (κ2) is 12.7. The molecular weight excluding hydrogens is 458 g/mol. The Labute approximate surface area is 196 Å². The van der Waals surface area contributed by atoms with Gasteiger partial charge in [-0.15, -0.1) is 0 Å².